The van der Waals surface area contributed by atoms with Crippen LogP contribution in [0.3, 0.4) is 0 Å². The molecule has 2 aromatic rings. The van der Waals surface area contributed by atoms with Crippen LogP contribution in [-0.4, -0.2) is 41.1 Å². The largest absolute Gasteiger partial charge is 0.497 e. The number of methoxy groups -OCH3 is 1. The van der Waals surface area contributed by atoms with E-state index < -0.39 is 19.9 Å². The highest BCUT2D eigenvalue weighted by molar-refractivity contribution is 7.95. The molecule has 0 spiro atoms. The van der Waals surface area contributed by atoms with Gasteiger partial charge in [0.2, 0.25) is 10.0 Å². The molecule has 4 rings (SSSR count). The van der Waals surface area contributed by atoms with Gasteiger partial charge in [0.25, 0.3) is 0 Å². The van der Waals surface area contributed by atoms with Gasteiger partial charge in [-0.15, -0.1) is 11.3 Å². The van der Waals surface area contributed by atoms with E-state index in [1.165, 1.54) is 6.07 Å². The highest BCUT2D eigenvalue weighted by Crippen LogP contribution is 2.48. The van der Waals surface area contributed by atoms with Crippen LogP contribution in [0.15, 0.2) is 38.8 Å². The zero-order valence-corrected chi connectivity index (χ0v) is 17.8. The molecule has 2 aliphatic heterocycles. The molecule has 0 aliphatic carbocycles. The fraction of sp³-hybridized carbons (Fsp3) is 0.444. The SMILES string of the molecule is COc1ccc(CN2CCC[C@H]3CS(=O)(=O)c4sc(S(N)(=O)=O)cc4[C@H]32)cc1. The lowest BCUT2D eigenvalue weighted by Crippen LogP contribution is -2.43. The minimum Gasteiger partial charge on any atom is -0.497 e. The maximum Gasteiger partial charge on any atom is 0.247 e. The number of benzene rings is 1. The molecule has 7 nitrogen and oxygen atoms in total. The van der Waals surface area contributed by atoms with Crippen molar-refractivity contribution in [3.8, 4) is 5.75 Å². The predicted octanol–water partition coefficient (Wildman–Crippen LogP) is 2.14. The van der Waals surface area contributed by atoms with Crippen molar-refractivity contribution in [3.05, 3.63) is 41.5 Å². The Morgan fingerprint density at radius 2 is 2.00 bits per heavy atom. The van der Waals surface area contributed by atoms with E-state index >= 15 is 0 Å². The van der Waals surface area contributed by atoms with E-state index in [1.54, 1.807) is 7.11 Å². The van der Waals surface area contributed by atoms with E-state index in [-0.39, 0.29) is 26.1 Å². The maximum absolute atomic E-state index is 12.7. The van der Waals surface area contributed by atoms with Gasteiger partial charge in [-0.25, -0.2) is 22.0 Å². The van der Waals surface area contributed by atoms with Gasteiger partial charge >= 0.3 is 0 Å². The fourth-order valence-corrected chi connectivity index (χ4v) is 8.65. The molecule has 3 heterocycles. The first kappa shape index (κ1) is 19.8. The molecule has 28 heavy (non-hydrogen) atoms. The number of sulfone groups is 1. The van der Waals surface area contributed by atoms with Gasteiger partial charge in [-0.05, 0) is 49.1 Å². The van der Waals surface area contributed by atoms with Crippen molar-refractivity contribution in [1.82, 2.24) is 4.90 Å². The standard InChI is InChI=1S/C18H22N2O5S3/c1-25-14-6-4-12(5-7-14)10-20-8-2-3-13-11-27(21,22)18-15(17(13)20)9-16(26-18)28(19,23)24/h4-7,9,13,17H,2-3,8,10-11H2,1H3,(H2,19,23,24)/t13-,17-/m0/s1. The molecular formula is C18H22N2O5S3. The lowest BCUT2D eigenvalue weighted by molar-refractivity contribution is 0.0908. The Balaban J connectivity index is 1.73. The summed E-state index contributed by atoms with van der Waals surface area (Å²) < 4.78 is 54.4. The predicted molar refractivity (Wildman–Crippen MR) is 107 cm³/mol. The minimum absolute atomic E-state index is 0.0487. The number of hydrogen-bond donors (Lipinski definition) is 1. The highest BCUT2D eigenvalue weighted by Gasteiger charge is 2.44. The summed E-state index contributed by atoms with van der Waals surface area (Å²) in [5, 5.41) is 5.27. The highest BCUT2D eigenvalue weighted by atomic mass is 32.3. The van der Waals surface area contributed by atoms with Crippen molar-refractivity contribution in [1.29, 1.82) is 0 Å². The third-order valence-electron chi connectivity index (χ3n) is 5.42. The Bertz CT molecular complexity index is 1090. The molecule has 0 bridgehead atoms. The molecule has 1 saturated heterocycles. The number of nitrogens with zero attached hydrogens (tertiary/aromatic N) is 1. The lowest BCUT2D eigenvalue weighted by Gasteiger charge is -2.43. The van der Waals surface area contributed by atoms with Gasteiger partial charge in [0, 0.05) is 18.2 Å². The quantitative estimate of drug-likeness (QED) is 0.777. The molecule has 10 heteroatoms. The van der Waals surface area contributed by atoms with Gasteiger partial charge in [-0.2, -0.15) is 0 Å². The number of likely N-dealkylation sites (tertiary alicyclic amines) is 1. The summed E-state index contributed by atoms with van der Waals surface area (Å²) in [6.45, 7) is 1.48. The van der Waals surface area contributed by atoms with E-state index in [1.807, 2.05) is 24.3 Å². The van der Waals surface area contributed by atoms with Gasteiger partial charge in [-0.1, -0.05) is 12.1 Å². The van der Waals surface area contributed by atoms with Crippen molar-refractivity contribution in [3.63, 3.8) is 0 Å². The van der Waals surface area contributed by atoms with Crippen molar-refractivity contribution in [2.45, 2.75) is 33.8 Å². The Kier molecular flexibility index (Phi) is 5.03. The number of rotatable bonds is 4. The Morgan fingerprint density at radius 1 is 1.29 bits per heavy atom. The van der Waals surface area contributed by atoms with E-state index in [4.69, 9.17) is 9.88 Å². The van der Waals surface area contributed by atoms with Gasteiger partial charge in [0.05, 0.1) is 12.9 Å². The summed E-state index contributed by atoms with van der Waals surface area (Å²) in [5.74, 6) is 0.781. The van der Waals surface area contributed by atoms with Gasteiger partial charge < -0.3 is 4.74 Å². The van der Waals surface area contributed by atoms with Gasteiger partial charge in [0.15, 0.2) is 9.84 Å². The van der Waals surface area contributed by atoms with Crippen molar-refractivity contribution in [2.24, 2.45) is 11.1 Å². The number of thiophene rings is 1. The van der Waals surface area contributed by atoms with Crippen molar-refractivity contribution < 1.29 is 21.6 Å². The molecule has 0 unspecified atom stereocenters. The van der Waals surface area contributed by atoms with Crippen LogP contribution in [0.2, 0.25) is 0 Å². The fourth-order valence-electron chi connectivity index (χ4n) is 4.23. The van der Waals surface area contributed by atoms with Crippen LogP contribution < -0.4 is 9.88 Å². The van der Waals surface area contributed by atoms with Crippen LogP contribution in [0.5, 0.6) is 5.75 Å². The Morgan fingerprint density at radius 3 is 2.64 bits per heavy atom. The molecule has 1 fully saturated rings. The number of piperidine rings is 1. The van der Waals surface area contributed by atoms with Crippen molar-refractivity contribution in [2.75, 3.05) is 19.4 Å². The minimum atomic E-state index is -3.95. The summed E-state index contributed by atoms with van der Waals surface area (Å²) in [7, 11) is -5.83. The van der Waals surface area contributed by atoms with E-state index in [2.05, 4.69) is 4.90 Å². The number of fused-ring (bicyclic) bond motifs is 3. The van der Waals surface area contributed by atoms with E-state index in [9.17, 15) is 16.8 Å². The normalized spacial score (nSPS) is 24.4. The number of ether oxygens (including phenoxy) is 1. The second kappa shape index (κ2) is 7.10. The first-order valence-corrected chi connectivity index (χ1v) is 13.0. The number of sulfonamides is 1. The topological polar surface area (TPSA) is 107 Å². The van der Waals surface area contributed by atoms with Crippen LogP contribution in [0, 0.1) is 5.92 Å². The first-order chi connectivity index (χ1) is 13.2. The average Bonchev–Trinajstić information content (AvgIpc) is 3.09. The zero-order chi connectivity index (χ0) is 20.1. The lowest BCUT2D eigenvalue weighted by atomic mass is 9.86. The van der Waals surface area contributed by atoms with Gasteiger partial charge in [-0.3, -0.25) is 4.90 Å². The molecule has 2 aliphatic rings. The molecule has 0 amide bonds. The van der Waals surface area contributed by atoms with Crippen LogP contribution >= 0.6 is 11.3 Å². The molecule has 2 atom stereocenters. The molecule has 0 saturated carbocycles. The second-order valence-electron chi connectivity index (χ2n) is 7.30. The first-order valence-electron chi connectivity index (χ1n) is 8.95. The Hall–Kier alpha value is -1.46. The Labute approximate surface area is 169 Å². The summed E-state index contributed by atoms with van der Waals surface area (Å²) in [6, 6.07) is 9.13. The molecule has 2 N–H and O–H groups in total. The van der Waals surface area contributed by atoms with E-state index in [0.717, 1.165) is 42.0 Å². The van der Waals surface area contributed by atoms with Crippen LogP contribution in [0.25, 0.3) is 0 Å². The third-order valence-corrected chi connectivity index (χ3v) is 10.5. The summed E-state index contributed by atoms with van der Waals surface area (Å²) in [5.41, 5.74) is 1.68. The van der Waals surface area contributed by atoms with E-state index in [0.29, 0.717) is 12.1 Å². The van der Waals surface area contributed by atoms with Gasteiger partial charge in [0.1, 0.15) is 14.2 Å². The van der Waals surface area contributed by atoms with Crippen LogP contribution in [0.4, 0.5) is 0 Å². The third kappa shape index (κ3) is 3.59. The number of primary sulfonamides is 1. The van der Waals surface area contributed by atoms with Crippen LogP contribution in [-0.2, 0) is 26.4 Å². The average molecular weight is 443 g/mol. The summed E-state index contributed by atoms with van der Waals surface area (Å²) in [6.07, 6.45) is 1.72. The zero-order valence-electron chi connectivity index (χ0n) is 15.4. The summed E-state index contributed by atoms with van der Waals surface area (Å²) in [4.78, 5) is 2.25. The number of hydrogen-bond acceptors (Lipinski definition) is 7. The van der Waals surface area contributed by atoms with Crippen LogP contribution in [0.1, 0.15) is 30.0 Å². The second-order valence-corrected chi connectivity index (χ2v) is 12.4. The molecule has 152 valence electrons. The monoisotopic (exact) mass is 442 g/mol. The molecule has 1 aromatic heterocycles. The van der Waals surface area contributed by atoms with Crippen molar-refractivity contribution >= 4 is 31.2 Å². The summed E-state index contributed by atoms with van der Waals surface area (Å²) >= 11 is 0.774. The maximum atomic E-state index is 12.7. The molecular weight excluding hydrogens is 420 g/mol. The molecule has 1 aromatic carbocycles. The molecule has 0 radical (unpaired) electrons. The number of nitrogens with two attached hydrogens (primary N) is 1. The smallest absolute Gasteiger partial charge is 0.247 e.